The van der Waals surface area contributed by atoms with Crippen molar-refractivity contribution in [2.24, 2.45) is 5.92 Å². The summed E-state index contributed by atoms with van der Waals surface area (Å²) >= 11 is 1.77. The minimum absolute atomic E-state index is 0.692. The number of hydrogen-bond acceptors (Lipinski definition) is 8. The smallest absolute Gasteiger partial charge is 0.146 e. The van der Waals surface area contributed by atoms with E-state index in [-0.39, 0.29) is 0 Å². The predicted molar refractivity (Wildman–Crippen MR) is 135 cm³/mol. The highest BCUT2D eigenvalue weighted by Crippen LogP contribution is 2.34. The van der Waals surface area contributed by atoms with Crippen LogP contribution in [0.4, 0.5) is 11.6 Å². The highest BCUT2D eigenvalue weighted by Gasteiger charge is 2.20. The highest BCUT2D eigenvalue weighted by atomic mass is 32.1. The number of nitrogens with zero attached hydrogens (tertiary/aromatic N) is 5. The molecule has 33 heavy (non-hydrogen) atoms. The molecule has 0 amide bonds. The molecule has 0 radical (unpaired) electrons. The average molecular weight is 467 g/mol. The molecule has 3 aromatic rings. The van der Waals surface area contributed by atoms with Crippen LogP contribution in [0, 0.1) is 19.8 Å². The van der Waals surface area contributed by atoms with Gasteiger partial charge in [-0.2, -0.15) is 0 Å². The standard InChI is InChI=1S/C25H34N6OS/c1-17-6-8-30(9-7-17)16-21-28-24(23-18(2)19(3)33-25(23)29-21)27-15-20-4-5-22(26-14-20)31-10-12-32-13-11-31/h4-5,14,17H,6-13,15-16H2,1-3H3,(H,27,28,29). The third-order valence-electron chi connectivity index (χ3n) is 6.92. The van der Waals surface area contributed by atoms with Crippen LogP contribution in [0.1, 0.15) is 41.6 Å². The summed E-state index contributed by atoms with van der Waals surface area (Å²) in [7, 11) is 0. The van der Waals surface area contributed by atoms with Gasteiger partial charge in [-0.1, -0.05) is 13.0 Å². The lowest BCUT2D eigenvalue weighted by molar-refractivity contribution is 0.122. The second kappa shape index (κ2) is 9.91. The van der Waals surface area contributed by atoms with Crippen LogP contribution in [0.5, 0.6) is 0 Å². The van der Waals surface area contributed by atoms with E-state index in [0.717, 1.165) is 85.1 Å². The Morgan fingerprint density at radius 3 is 2.61 bits per heavy atom. The third-order valence-corrected chi connectivity index (χ3v) is 8.02. The summed E-state index contributed by atoms with van der Waals surface area (Å²) in [4.78, 5) is 21.8. The van der Waals surface area contributed by atoms with Crippen molar-refractivity contribution in [3.63, 3.8) is 0 Å². The Morgan fingerprint density at radius 2 is 1.88 bits per heavy atom. The number of nitrogens with one attached hydrogen (secondary N) is 1. The summed E-state index contributed by atoms with van der Waals surface area (Å²) in [6, 6.07) is 4.27. The molecule has 0 aliphatic carbocycles. The van der Waals surface area contributed by atoms with Crippen molar-refractivity contribution in [2.45, 2.75) is 46.7 Å². The fourth-order valence-corrected chi connectivity index (χ4v) is 5.65. The van der Waals surface area contributed by atoms with E-state index in [1.165, 1.54) is 23.3 Å². The number of thiophene rings is 1. The summed E-state index contributed by atoms with van der Waals surface area (Å²) in [5.41, 5.74) is 2.42. The Bertz CT molecular complexity index is 1080. The number of pyridine rings is 1. The summed E-state index contributed by atoms with van der Waals surface area (Å²) in [5, 5.41) is 4.76. The molecule has 0 bridgehead atoms. The van der Waals surface area contributed by atoms with Crippen LogP contribution >= 0.6 is 11.3 Å². The Balaban J connectivity index is 1.33. The van der Waals surface area contributed by atoms with E-state index in [1.54, 1.807) is 11.3 Å². The van der Waals surface area contributed by atoms with E-state index in [0.29, 0.717) is 6.54 Å². The van der Waals surface area contributed by atoms with Crippen LogP contribution in [0.2, 0.25) is 0 Å². The second-order valence-corrected chi connectivity index (χ2v) is 10.6. The van der Waals surface area contributed by atoms with Gasteiger partial charge in [-0.05, 0) is 62.9 Å². The van der Waals surface area contributed by atoms with Gasteiger partial charge in [-0.15, -0.1) is 11.3 Å². The van der Waals surface area contributed by atoms with Gasteiger partial charge >= 0.3 is 0 Å². The molecule has 176 valence electrons. The fourth-order valence-electron chi connectivity index (χ4n) is 4.60. The zero-order valence-electron chi connectivity index (χ0n) is 19.9. The highest BCUT2D eigenvalue weighted by molar-refractivity contribution is 7.18. The fraction of sp³-hybridized carbons (Fsp3) is 0.560. The lowest BCUT2D eigenvalue weighted by Crippen LogP contribution is -2.36. The zero-order chi connectivity index (χ0) is 22.8. The Hall–Kier alpha value is -2.29. The number of piperidine rings is 1. The molecule has 3 aromatic heterocycles. The van der Waals surface area contributed by atoms with Gasteiger partial charge < -0.3 is 15.0 Å². The number of likely N-dealkylation sites (tertiary alicyclic amines) is 1. The summed E-state index contributed by atoms with van der Waals surface area (Å²) in [6.45, 7) is 13.8. The third kappa shape index (κ3) is 5.13. The monoisotopic (exact) mass is 466 g/mol. The molecule has 1 N–H and O–H groups in total. The number of fused-ring (bicyclic) bond motifs is 1. The van der Waals surface area contributed by atoms with Crippen LogP contribution < -0.4 is 10.2 Å². The van der Waals surface area contributed by atoms with Crippen molar-refractivity contribution in [1.82, 2.24) is 19.9 Å². The average Bonchev–Trinajstić information content (AvgIpc) is 3.13. The van der Waals surface area contributed by atoms with Crippen LogP contribution in [-0.2, 0) is 17.8 Å². The lowest BCUT2D eigenvalue weighted by Gasteiger charge is -2.29. The predicted octanol–water partition coefficient (Wildman–Crippen LogP) is 4.38. The van der Waals surface area contributed by atoms with Crippen LogP contribution in [0.25, 0.3) is 10.2 Å². The van der Waals surface area contributed by atoms with Gasteiger partial charge in [-0.3, -0.25) is 4.90 Å². The van der Waals surface area contributed by atoms with E-state index in [2.05, 4.69) is 48.0 Å². The van der Waals surface area contributed by atoms with Crippen molar-refractivity contribution in [2.75, 3.05) is 49.6 Å². The molecule has 5 rings (SSSR count). The Kier molecular flexibility index (Phi) is 6.76. The maximum absolute atomic E-state index is 5.45. The van der Waals surface area contributed by atoms with Gasteiger partial charge in [0, 0.05) is 30.7 Å². The molecule has 5 heterocycles. The van der Waals surface area contributed by atoms with E-state index in [4.69, 9.17) is 19.7 Å². The molecular formula is C25H34N6OS. The number of hydrogen-bond donors (Lipinski definition) is 1. The minimum atomic E-state index is 0.692. The molecule has 2 fully saturated rings. The number of morpholine rings is 1. The van der Waals surface area contributed by atoms with E-state index in [9.17, 15) is 0 Å². The first-order valence-corrected chi connectivity index (χ1v) is 12.9. The molecule has 2 saturated heterocycles. The topological polar surface area (TPSA) is 66.4 Å². The normalized spacial score (nSPS) is 18.2. The van der Waals surface area contributed by atoms with Crippen molar-refractivity contribution >= 4 is 33.2 Å². The first-order valence-electron chi connectivity index (χ1n) is 12.1. The van der Waals surface area contributed by atoms with Gasteiger partial charge in [-0.25, -0.2) is 15.0 Å². The zero-order valence-corrected chi connectivity index (χ0v) is 20.7. The molecule has 0 saturated carbocycles. The maximum atomic E-state index is 5.45. The molecular weight excluding hydrogens is 432 g/mol. The number of rotatable bonds is 6. The van der Waals surface area contributed by atoms with Gasteiger partial charge in [0.1, 0.15) is 22.3 Å². The molecule has 2 aliphatic heterocycles. The van der Waals surface area contributed by atoms with Gasteiger partial charge in [0.25, 0.3) is 0 Å². The Morgan fingerprint density at radius 1 is 1.09 bits per heavy atom. The SMILES string of the molecule is Cc1sc2nc(CN3CCC(C)CC3)nc(NCc3ccc(N4CCOCC4)nc3)c2c1C. The second-order valence-electron chi connectivity index (χ2n) is 9.39. The molecule has 0 unspecified atom stereocenters. The first kappa shape index (κ1) is 22.5. The van der Waals surface area contributed by atoms with Crippen molar-refractivity contribution < 1.29 is 4.74 Å². The van der Waals surface area contributed by atoms with Crippen molar-refractivity contribution in [3.05, 3.63) is 40.2 Å². The largest absolute Gasteiger partial charge is 0.378 e. The molecule has 2 aliphatic rings. The maximum Gasteiger partial charge on any atom is 0.146 e. The van der Waals surface area contributed by atoms with Gasteiger partial charge in [0.2, 0.25) is 0 Å². The molecule has 8 heteroatoms. The molecule has 0 aromatic carbocycles. The quantitative estimate of drug-likeness (QED) is 0.578. The molecule has 0 atom stereocenters. The van der Waals surface area contributed by atoms with Crippen LogP contribution in [0.15, 0.2) is 18.3 Å². The van der Waals surface area contributed by atoms with Crippen molar-refractivity contribution in [1.29, 1.82) is 0 Å². The minimum Gasteiger partial charge on any atom is -0.378 e. The van der Waals surface area contributed by atoms with Gasteiger partial charge in [0.15, 0.2) is 0 Å². The Labute approximate surface area is 200 Å². The number of aromatic nitrogens is 3. The number of ether oxygens (including phenoxy) is 1. The lowest BCUT2D eigenvalue weighted by atomic mass is 9.99. The van der Waals surface area contributed by atoms with Crippen molar-refractivity contribution in [3.8, 4) is 0 Å². The van der Waals surface area contributed by atoms with Gasteiger partial charge in [0.05, 0.1) is 25.1 Å². The summed E-state index contributed by atoms with van der Waals surface area (Å²) in [6.07, 6.45) is 4.49. The van der Waals surface area contributed by atoms with Crippen LogP contribution in [-0.4, -0.2) is 59.2 Å². The summed E-state index contributed by atoms with van der Waals surface area (Å²) in [5.74, 6) is 3.71. The number of anilines is 2. The van der Waals surface area contributed by atoms with Crippen LogP contribution in [0.3, 0.4) is 0 Å². The summed E-state index contributed by atoms with van der Waals surface area (Å²) < 4.78 is 5.45. The van der Waals surface area contributed by atoms with E-state index in [1.807, 2.05) is 6.20 Å². The number of aryl methyl sites for hydroxylation is 2. The molecule has 7 nitrogen and oxygen atoms in total. The first-order chi connectivity index (χ1) is 16.1. The molecule has 0 spiro atoms. The van der Waals surface area contributed by atoms with E-state index >= 15 is 0 Å². The van der Waals surface area contributed by atoms with E-state index < -0.39 is 0 Å².